The Kier molecular flexibility index (Phi) is 6.51. The smallest absolute Gasteiger partial charge is 0.387 e. The number of carbonyl (C=O) groups excluding carboxylic acids is 1. The topological polar surface area (TPSA) is 35.5 Å². The predicted molar refractivity (Wildman–Crippen MR) is 71.1 cm³/mol. The molecule has 7 heteroatoms. The third-order valence-corrected chi connectivity index (χ3v) is 3.19. The Hall–Kier alpha value is -0.880. The van der Waals surface area contributed by atoms with E-state index in [2.05, 4.69) is 20.7 Å². The molecule has 19 heavy (non-hydrogen) atoms. The summed E-state index contributed by atoms with van der Waals surface area (Å²) < 4.78 is 33.8. The van der Waals surface area contributed by atoms with E-state index < -0.39 is 12.6 Å². The van der Waals surface area contributed by atoms with Gasteiger partial charge < -0.3 is 9.47 Å². The summed E-state index contributed by atoms with van der Waals surface area (Å²) in [5, 5.41) is 0.767. The second-order valence-electron chi connectivity index (χ2n) is 3.55. The van der Waals surface area contributed by atoms with Crippen molar-refractivity contribution in [1.82, 2.24) is 0 Å². The molecule has 0 N–H and O–H groups in total. The van der Waals surface area contributed by atoms with Gasteiger partial charge in [-0.3, -0.25) is 4.79 Å². The van der Waals surface area contributed by atoms with Crippen LogP contribution in [0, 0.1) is 0 Å². The van der Waals surface area contributed by atoms with Gasteiger partial charge in [0.05, 0.1) is 13.0 Å². The summed E-state index contributed by atoms with van der Waals surface area (Å²) in [6.45, 7) is -1.09. The van der Waals surface area contributed by atoms with Crippen molar-refractivity contribution in [2.45, 2.75) is 25.3 Å². The van der Waals surface area contributed by atoms with Crippen LogP contribution in [-0.2, 0) is 21.3 Å². The maximum atomic E-state index is 12.3. The van der Waals surface area contributed by atoms with E-state index in [4.69, 9.17) is 16.3 Å². The van der Waals surface area contributed by atoms with Crippen LogP contribution in [0.2, 0.25) is 5.02 Å². The first-order chi connectivity index (χ1) is 8.97. The lowest BCUT2D eigenvalue weighted by Gasteiger charge is -2.13. The molecule has 1 aromatic carbocycles. The maximum absolute atomic E-state index is 12.3. The monoisotopic (exact) mass is 356 g/mol. The maximum Gasteiger partial charge on any atom is 0.387 e. The zero-order valence-electron chi connectivity index (χ0n) is 10.1. The zero-order valence-corrected chi connectivity index (χ0v) is 12.4. The van der Waals surface area contributed by atoms with Gasteiger partial charge in [0, 0.05) is 15.9 Å². The van der Waals surface area contributed by atoms with Gasteiger partial charge in [0.2, 0.25) is 0 Å². The minimum absolute atomic E-state index is 0.0677. The molecule has 106 valence electrons. The third-order valence-electron chi connectivity index (χ3n) is 2.23. The Labute approximate surface area is 123 Å². The van der Waals surface area contributed by atoms with Crippen molar-refractivity contribution in [2.24, 2.45) is 0 Å². The van der Waals surface area contributed by atoms with Gasteiger partial charge in [-0.2, -0.15) is 8.78 Å². The van der Waals surface area contributed by atoms with Crippen LogP contribution in [0.1, 0.15) is 18.1 Å². The molecule has 0 aliphatic rings. The molecule has 0 fully saturated rings. The average Bonchev–Trinajstić information content (AvgIpc) is 2.32. The number of hydrogen-bond donors (Lipinski definition) is 0. The molecule has 0 radical (unpaired) electrons. The number of ether oxygens (including phenoxy) is 2. The number of rotatable bonds is 6. The minimum atomic E-state index is -2.97. The molecule has 0 saturated heterocycles. The quantitative estimate of drug-likeness (QED) is 0.571. The first-order valence-electron chi connectivity index (χ1n) is 5.45. The van der Waals surface area contributed by atoms with Gasteiger partial charge in [0.1, 0.15) is 5.75 Å². The lowest BCUT2D eigenvalue weighted by Crippen LogP contribution is -2.11. The van der Waals surface area contributed by atoms with Gasteiger partial charge in [-0.05, 0) is 24.6 Å². The van der Waals surface area contributed by atoms with Gasteiger partial charge in [0.25, 0.3) is 0 Å². The summed E-state index contributed by atoms with van der Waals surface area (Å²) in [6.07, 6.45) is -0.168. The number of benzene rings is 1. The molecule has 0 spiro atoms. The molecule has 1 rings (SSSR count). The van der Waals surface area contributed by atoms with Crippen molar-refractivity contribution in [3.8, 4) is 5.75 Å². The molecule has 0 aliphatic heterocycles. The molecule has 0 unspecified atom stereocenters. The third kappa shape index (κ3) is 4.95. The fourth-order valence-corrected chi connectivity index (χ4v) is 2.33. The van der Waals surface area contributed by atoms with Gasteiger partial charge in [-0.15, -0.1) is 0 Å². The van der Waals surface area contributed by atoms with Gasteiger partial charge in [-0.25, -0.2) is 0 Å². The largest absolute Gasteiger partial charge is 0.466 e. The zero-order chi connectivity index (χ0) is 14.4. The molecule has 0 bridgehead atoms. The second kappa shape index (κ2) is 7.65. The standard InChI is InChI=1S/C12H12BrClF2O3/c1-2-18-11(17)5-7-3-9(14)8(6-13)4-10(7)19-12(15)16/h3-4,12H,2,5-6H2,1H3. The summed E-state index contributed by atoms with van der Waals surface area (Å²) in [7, 11) is 0. The van der Waals surface area contributed by atoms with Crippen LogP contribution in [-0.4, -0.2) is 19.2 Å². The molecule has 0 amide bonds. The number of esters is 1. The fourth-order valence-electron chi connectivity index (χ4n) is 1.45. The first kappa shape index (κ1) is 16.2. The van der Waals surface area contributed by atoms with E-state index >= 15 is 0 Å². The highest BCUT2D eigenvalue weighted by molar-refractivity contribution is 9.08. The molecule has 0 atom stereocenters. The normalized spacial score (nSPS) is 10.6. The molecule has 0 aromatic heterocycles. The van der Waals surface area contributed by atoms with E-state index in [0.717, 1.165) is 0 Å². The van der Waals surface area contributed by atoms with Crippen LogP contribution in [0.15, 0.2) is 12.1 Å². The molecular formula is C12H12BrClF2O3. The lowest BCUT2D eigenvalue weighted by molar-refractivity contribution is -0.142. The number of hydrogen-bond acceptors (Lipinski definition) is 3. The SMILES string of the molecule is CCOC(=O)Cc1cc(Cl)c(CBr)cc1OC(F)F. The van der Waals surface area contributed by atoms with E-state index in [-0.39, 0.29) is 24.3 Å². The Morgan fingerprint density at radius 3 is 2.63 bits per heavy atom. The van der Waals surface area contributed by atoms with Crippen LogP contribution in [0.3, 0.4) is 0 Å². The number of halogens is 4. The van der Waals surface area contributed by atoms with E-state index in [9.17, 15) is 13.6 Å². The minimum Gasteiger partial charge on any atom is -0.466 e. The Balaban J connectivity index is 3.05. The first-order valence-corrected chi connectivity index (χ1v) is 6.95. The summed E-state index contributed by atoms with van der Waals surface area (Å²) in [5.74, 6) is -0.592. The molecule has 0 aliphatic carbocycles. The van der Waals surface area contributed by atoms with E-state index in [1.54, 1.807) is 6.92 Å². The van der Waals surface area contributed by atoms with Crippen molar-refractivity contribution in [3.63, 3.8) is 0 Å². The van der Waals surface area contributed by atoms with Crippen molar-refractivity contribution < 1.29 is 23.0 Å². The Morgan fingerprint density at radius 2 is 2.11 bits per heavy atom. The highest BCUT2D eigenvalue weighted by Crippen LogP contribution is 2.30. The van der Waals surface area contributed by atoms with Gasteiger partial charge >= 0.3 is 12.6 Å². The molecule has 0 heterocycles. The molecular weight excluding hydrogens is 345 g/mol. The highest BCUT2D eigenvalue weighted by Gasteiger charge is 2.16. The lowest BCUT2D eigenvalue weighted by atomic mass is 10.1. The van der Waals surface area contributed by atoms with E-state index in [1.165, 1.54) is 12.1 Å². The van der Waals surface area contributed by atoms with Crippen molar-refractivity contribution >= 4 is 33.5 Å². The summed E-state index contributed by atoms with van der Waals surface area (Å²) >= 11 is 9.16. The number of carbonyl (C=O) groups is 1. The van der Waals surface area contributed by atoms with Gasteiger partial charge in [-0.1, -0.05) is 27.5 Å². The van der Waals surface area contributed by atoms with E-state index in [0.29, 0.717) is 15.9 Å². The molecule has 1 aromatic rings. The molecule has 0 saturated carbocycles. The second-order valence-corrected chi connectivity index (χ2v) is 4.51. The van der Waals surface area contributed by atoms with Crippen LogP contribution in [0.25, 0.3) is 0 Å². The summed E-state index contributed by atoms with van der Waals surface area (Å²) in [5.41, 5.74) is 0.873. The fraction of sp³-hybridized carbons (Fsp3) is 0.417. The average molecular weight is 358 g/mol. The van der Waals surface area contributed by atoms with Crippen LogP contribution in [0.4, 0.5) is 8.78 Å². The summed E-state index contributed by atoms with van der Waals surface area (Å²) in [4.78, 5) is 11.4. The van der Waals surface area contributed by atoms with Crippen molar-refractivity contribution in [1.29, 1.82) is 0 Å². The highest BCUT2D eigenvalue weighted by atomic mass is 79.9. The Bertz CT molecular complexity index is 455. The van der Waals surface area contributed by atoms with E-state index in [1.807, 2.05) is 0 Å². The molecule has 3 nitrogen and oxygen atoms in total. The van der Waals surface area contributed by atoms with Crippen LogP contribution >= 0.6 is 27.5 Å². The number of alkyl halides is 3. The van der Waals surface area contributed by atoms with Crippen molar-refractivity contribution in [3.05, 3.63) is 28.3 Å². The van der Waals surface area contributed by atoms with Crippen LogP contribution < -0.4 is 4.74 Å². The van der Waals surface area contributed by atoms with Crippen LogP contribution in [0.5, 0.6) is 5.75 Å². The van der Waals surface area contributed by atoms with Crippen molar-refractivity contribution in [2.75, 3.05) is 6.61 Å². The Morgan fingerprint density at radius 1 is 1.42 bits per heavy atom. The van der Waals surface area contributed by atoms with Gasteiger partial charge in [0.15, 0.2) is 0 Å². The predicted octanol–water partition coefficient (Wildman–Crippen LogP) is 3.94. The summed E-state index contributed by atoms with van der Waals surface area (Å²) in [6, 6.07) is 2.82.